The van der Waals surface area contributed by atoms with Gasteiger partial charge in [-0.05, 0) is 30.8 Å². The van der Waals surface area contributed by atoms with Crippen molar-refractivity contribution in [3.05, 3.63) is 58.5 Å². The van der Waals surface area contributed by atoms with Crippen molar-refractivity contribution >= 4 is 0 Å². The summed E-state index contributed by atoms with van der Waals surface area (Å²) in [6.45, 7) is 0.489. The lowest BCUT2D eigenvalue weighted by Gasteiger charge is -2.17. The maximum atomic E-state index is 11.7. The first kappa shape index (κ1) is 13.3. The van der Waals surface area contributed by atoms with Crippen LogP contribution in [0.15, 0.2) is 47.4 Å². The fraction of sp³-hybridized carbons (Fsp3) is 0.286. The first-order chi connectivity index (χ1) is 9.24. The summed E-state index contributed by atoms with van der Waals surface area (Å²) in [4.78, 5) is 11.7. The van der Waals surface area contributed by atoms with E-state index in [-0.39, 0.29) is 11.6 Å². The quantitative estimate of drug-likeness (QED) is 0.877. The molecule has 5 nitrogen and oxygen atoms in total. The summed E-state index contributed by atoms with van der Waals surface area (Å²) in [5.41, 5.74) is 0.983. The molecule has 1 N–H and O–H groups in total. The first-order valence-electron chi connectivity index (χ1n) is 6.08. The smallest absolute Gasteiger partial charge is 0.266 e. The Morgan fingerprint density at radius 2 is 2.05 bits per heavy atom. The Bertz CT molecular complexity index is 578. The Morgan fingerprint density at radius 3 is 2.63 bits per heavy atom. The van der Waals surface area contributed by atoms with E-state index in [2.05, 4.69) is 10.4 Å². The van der Waals surface area contributed by atoms with Gasteiger partial charge in [-0.25, -0.2) is 4.68 Å². The number of rotatable bonds is 5. The molecule has 0 aliphatic heterocycles. The van der Waals surface area contributed by atoms with E-state index in [1.165, 1.54) is 10.7 Å². The van der Waals surface area contributed by atoms with Crippen molar-refractivity contribution in [1.29, 1.82) is 0 Å². The Morgan fingerprint density at radius 1 is 1.32 bits per heavy atom. The van der Waals surface area contributed by atoms with Gasteiger partial charge in [-0.3, -0.25) is 4.79 Å². The van der Waals surface area contributed by atoms with Gasteiger partial charge in [-0.2, -0.15) is 5.10 Å². The number of nitrogens with one attached hydrogen (secondary N) is 1. The first-order valence-corrected chi connectivity index (χ1v) is 6.08. The van der Waals surface area contributed by atoms with Gasteiger partial charge in [0, 0.05) is 12.3 Å². The lowest BCUT2D eigenvalue weighted by molar-refractivity contribution is 0.413. The van der Waals surface area contributed by atoms with Gasteiger partial charge in [0.05, 0.1) is 19.7 Å². The molecule has 1 atom stereocenters. The van der Waals surface area contributed by atoms with Crippen molar-refractivity contribution in [2.24, 2.45) is 0 Å². The van der Waals surface area contributed by atoms with Gasteiger partial charge >= 0.3 is 0 Å². The molecule has 0 amide bonds. The summed E-state index contributed by atoms with van der Waals surface area (Å²) in [6.07, 6.45) is 1.61. The van der Waals surface area contributed by atoms with Crippen LogP contribution in [0, 0.1) is 0 Å². The molecule has 1 heterocycles. The second-order valence-corrected chi connectivity index (χ2v) is 4.16. The van der Waals surface area contributed by atoms with E-state index in [1.807, 2.05) is 31.3 Å². The molecule has 100 valence electrons. The Balaban J connectivity index is 2.20. The van der Waals surface area contributed by atoms with E-state index in [9.17, 15) is 4.79 Å². The molecule has 1 aromatic carbocycles. The summed E-state index contributed by atoms with van der Waals surface area (Å²) in [5.74, 6) is 0.814. The van der Waals surface area contributed by atoms with Crippen LogP contribution in [-0.4, -0.2) is 23.9 Å². The number of hydrogen-bond donors (Lipinski definition) is 1. The average molecular weight is 259 g/mol. The molecule has 5 heteroatoms. The van der Waals surface area contributed by atoms with Gasteiger partial charge < -0.3 is 10.1 Å². The highest BCUT2D eigenvalue weighted by Gasteiger charge is 2.11. The standard InChI is InChI=1S/C14H17N3O2/c1-15-13(10-17-14(18)4-3-9-16-17)11-5-7-12(19-2)8-6-11/h3-9,13,15H,10H2,1-2H3. The van der Waals surface area contributed by atoms with E-state index in [0.717, 1.165) is 11.3 Å². The molecular weight excluding hydrogens is 242 g/mol. The zero-order chi connectivity index (χ0) is 13.7. The third-order valence-electron chi connectivity index (χ3n) is 3.01. The lowest BCUT2D eigenvalue weighted by atomic mass is 10.1. The van der Waals surface area contributed by atoms with Crippen molar-refractivity contribution in [3.63, 3.8) is 0 Å². The predicted molar refractivity (Wildman–Crippen MR) is 73.3 cm³/mol. The van der Waals surface area contributed by atoms with Gasteiger partial charge in [0.1, 0.15) is 5.75 Å². The highest BCUT2D eigenvalue weighted by atomic mass is 16.5. The van der Waals surface area contributed by atoms with Gasteiger partial charge in [0.2, 0.25) is 0 Å². The van der Waals surface area contributed by atoms with Gasteiger partial charge in [0.25, 0.3) is 5.56 Å². The number of hydrogen-bond acceptors (Lipinski definition) is 4. The van der Waals surface area contributed by atoms with Crippen LogP contribution in [0.3, 0.4) is 0 Å². The number of benzene rings is 1. The third kappa shape index (κ3) is 3.20. The second kappa shape index (κ2) is 6.15. The van der Waals surface area contributed by atoms with Crippen LogP contribution >= 0.6 is 0 Å². The summed E-state index contributed by atoms with van der Waals surface area (Å²) in [6, 6.07) is 10.9. The maximum absolute atomic E-state index is 11.7. The number of methoxy groups -OCH3 is 1. The fourth-order valence-electron chi connectivity index (χ4n) is 1.90. The molecule has 1 unspecified atom stereocenters. The molecule has 0 radical (unpaired) electrons. The average Bonchev–Trinajstić information content (AvgIpc) is 2.47. The summed E-state index contributed by atoms with van der Waals surface area (Å²) < 4.78 is 6.58. The minimum atomic E-state index is -0.101. The summed E-state index contributed by atoms with van der Waals surface area (Å²) >= 11 is 0. The normalized spacial score (nSPS) is 12.1. The minimum absolute atomic E-state index is 0.0264. The third-order valence-corrected chi connectivity index (χ3v) is 3.01. The van der Waals surface area contributed by atoms with E-state index in [1.54, 1.807) is 19.4 Å². The molecular formula is C14H17N3O2. The maximum Gasteiger partial charge on any atom is 0.266 e. The SMILES string of the molecule is CNC(Cn1ncccc1=O)c1ccc(OC)cc1. The van der Waals surface area contributed by atoms with Crippen LogP contribution in [0.5, 0.6) is 5.75 Å². The molecule has 19 heavy (non-hydrogen) atoms. The molecule has 0 aliphatic rings. The fourth-order valence-corrected chi connectivity index (χ4v) is 1.90. The minimum Gasteiger partial charge on any atom is -0.497 e. The van der Waals surface area contributed by atoms with E-state index >= 15 is 0 Å². The zero-order valence-corrected chi connectivity index (χ0v) is 11.0. The van der Waals surface area contributed by atoms with Crippen molar-refractivity contribution in [2.75, 3.05) is 14.2 Å². The molecule has 0 fully saturated rings. The van der Waals surface area contributed by atoms with E-state index in [4.69, 9.17) is 4.74 Å². The molecule has 0 saturated heterocycles. The second-order valence-electron chi connectivity index (χ2n) is 4.16. The Labute approximate surface area is 111 Å². The highest BCUT2D eigenvalue weighted by molar-refractivity contribution is 5.29. The topological polar surface area (TPSA) is 56.2 Å². The Kier molecular flexibility index (Phi) is 4.30. The molecule has 0 spiro atoms. The van der Waals surface area contributed by atoms with Crippen LogP contribution < -0.4 is 15.6 Å². The van der Waals surface area contributed by atoms with Crippen LogP contribution in [0.4, 0.5) is 0 Å². The van der Waals surface area contributed by atoms with Gasteiger partial charge in [0.15, 0.2) is 0 Å². The van der Waals surface area contributed by atoms with Crippen LogP contribution in [0.25, 0.3) is 0 Å². The molecule has 0 aliphatic carbocycles. The Hall–Kier alpha value is -2.14. The number of nitrogens with zero attached hydrogens (tertiary/aromatic N) is 2. The van der Waals surface area contributed by atoms with Crippen molar-refractivity contribution in [1.82, 2.24) is 15.1 Å². The molecule has 0 bridgehead atoms. The van der Waals surface area contributed by atoms with Crippen LogP contribution in [0.2, 0.25) is 0 Å². The number of likely N-dealkylation sites (N-methyl/N-ethyl adjacent to an activating group) is 1. The van der Waals surface area contributed by atoms with Gasteiger partial charge in [-0.1, -0.05) is 12.1 Å². The van der Waals surface area contributed by atoms with E-state index < -0.39 is 0 Å². The van der Waals surface area contributed by atoms with Crippen molar-refractivity contribution in [2.45, 2.75) is 12.6 Å². The number of ether oxygens (including phenoxy) is 1. The zero-order valence-electron chi connectivity index (χ0n) is 11.0. The lowest BCUT2D eigenvalue weighted by Crippen LogP contribution is -2.29. The van der Waals surface area contributed by atoms with Crippen LogP contribution in [0.1, 0.15) is 11.6 Å². The van der Waals surface area contributed by atoms with Gasteiger partial charge in [-0.15, -0.1) is 0 Å². The molecule has 2 aromatic rings. The van der Waals surface area contributed by atoms with E-state index in [0.29, 0.717) is 6.54 Å². The largest absolute Gasteiger partial charge is 0.497 e. The van der Waals surface area contributed by atoms with Crippen LogP contribution in [-0.2, 0) is 6.54 Å². The van der Waals surface area contributed by atoms with Crippen molar-refractivity contribution in [3.8, 4) is 5.75 Å². The highest BCUT2D eigenvalue weighted by Crippen LogP contribution is 2.18. The number of aromatic nitrogens is 2. The molecule has 0 saturated carbocycles. The summed E-state index contributed by atoms with van der Waals surface area (Å²) in [5, 5.41) is 7.26. The summed E-state index contributed by atoms with van der Waals surface area (Å²) in [7, 11) is 3.50. The van der Waals surface area contributed by atoms with Crippen molar-refractivity contribution < 1.29 is 4.74 Å². The monoisotopic (exact) mass is 259 g/mol. The molecule has 1 aromatic heterocycles. The molecule has 2 rings (SSSR count). The predicted octanol–water partition coefficient (Wildman–Crippen LogP) is 1.21.